The van der Waals surface area contributed by atoms with Gasteiger partial charge in [0.2, 0.25) is 11.3 Å². The van der Waals surface area contributed by atoms with Crippen LogP contribution in [-0.4, -0.2) is 173 Å². The number of halogens is 1. The van der Waals surface area contributed by atoms with Gasteiger partial charge >= 0.3 is 0 Å². The number of ether oxygens (including phenoxy) is 5. The van der Waals surface area contributed by atoms with Crippen molar-refractivity contribution < 1.29 is 37.7 Å². The Morgan fingerprint density at radius 2 is 1.28 bits per heavy atom. The molecular formula is C49H70ClN6O8+. The molecule has 0 aromatic heterocycles. The fourth-order valence-electron chi connectivity index (χ4n) is 7.86. The maximum atomic E-state index is 13.1. The first-order chi connectivity index (χ1) is 31.4. The van der Waals surface area contributed by atoms with Crippen LogP contribution in [0, 0.1) is 0 Å². The lowest BCUT2D eigenvalue weighted by Gasteiger charge is -2.34. The first kappa shape index (κ1) is 49.3. The van der Waals surface area contributed by atoms with E-state index in [9.17, 15) is 9.59 Å². The minimum Gasteiger partial charge on any atom is -0.456 e. The highest BCUT2D eigenvalue weighted by atomic mass is 35.5. The van der Waals surface area contributed by atoms with Gasteiger partial charge in [-0.15, -0.1) is 11.6 Å². The van der Waals surface area contributed by atoms with Gasteiger partial charge in [-0.3, -0.25) is 14.5 Å². The first-order valence-electron chi connectivity index (χ1n) is 23.2. The number of fused-ring (bicyclic) bond motifs is 2. The van der Waals surface area contributed by atoms with Crippen LogP contribution in [0.1, 0.15) is 42.5 Å². The lowest BCUT2D eigenvalue weighted by molar-refractivity contribution is -0.122. The number of hydrogen-bond donors (Lipinski definition) is 2. The van der Waals surface area contributed by atoms with Crippen LogP contribution < -0.4 is 25.5 Å². The summed E-state index contributed by atoms with van der Waals surface area (Å²) in [7, 11) is 4.35. The molecule has 4 aliphatic rings. The van der Waals surface area contributed by atoms with Gasteiger partial charge in [-0.1, -0.05) is 25.0 Å². The summed E-state index contributed by atoms with van der Waals surface area (Å²) in [6.45, 7) is 13.4. The Hall–Kier alpha value is -4.12. The van der Waals surface area contributed by atoms with Crippen LogP contribution in [0.5, 0.6) is 0 Å². The van der Waals surface area contributed by atoms with E-state index in [2.05, 4.69) is 80.4 Å². The van der Waals surface area contributed by atoms with Gasteiger partial charge in [-0.05, 0) is 62.8 Å². The summed E-state index contributed by atoms with van der Waals surface area (Å²) in [5.41, 5.74) is 5.77. The predicted octanol–water partition coefficient (Wildman–Crippen LogP) is 4.79. The van der Waals surface area contributed by atoms with Crippen molar-refractivity contribution in [2.24, 2.45) is 0 Å². The molecule has 2 fully saturated rings. The second kappa shape index (κ2) is 27.4. The van der Waals surface area contributed by atoms with Gasteiger partial charge < -0.3 is 48.5 Å². The molecule has 3 aliphatic heterocycles. The van der Waals surface area contributed by atoms with E-state index in [0.717, 1.165) is 124 Å². The number of hydrogen-bond acceptors (Lipinski definition) is 11. The van der Waals surface area contributed by atoms with E-state index >= 15 is 0 Å². The number of alkyl halides is 1. The van der Waals surface area contributed by atoms with Crippen LogP contribution in [-0.2, 0) is 28.5 Å². The Kier molecular flexibility index (Phi) is 21.1. The summed E-state index contributed by atoms with van der Waals surface area (Å²) in [5, 5.41) is 8.00. The summed E-state index contributed by atoms with van der Waals surface area (Å²) in [4.78, 5) is 32.3. The third-order valence-corrected chi connectivity index (χ3v) is 12.0. The summed E-state index contributed by atoms with van der Waals surface area (Å²) in [5.74, 6) is 1.34. The molecular weight excluding hydrogens is 836 g/mol. The normalized spacial score (nSPS) is 15.0. The van der Waals surface area contributed by atoms with Crippen molar-refractivity contribution >= 4 is 40.1 Å². The number of rotatable bonds is 27. The fourth-order valence-corrected chi connectivity index (χ4v) is 8.05. The van der Waals surface area contributed by atoms with Crippen molar-refractivity contribution in [3.8, 4) is 22.5 Å². The number of unbranched alkanes of at least 4 members (excludes halogenated alkanes) is 3. The molecule has 0 atom stereocenters. The smallest absolute Gasteiger partial charge is 0.251 e. The average molecular weight is 907 g/mol. The number of piperazine rings is 2. The fraction of sp³-hybridized carbons (Fsp3) is 0.571. The quantitative estimate of drug-likeness (QED) is 0.0371. The monoisotopic (exact) mass is 905 g/mol. The summed E-state index contributed by atoms with van der Waals surface area (Å²) < 4.78 is 37.0. The number of anilines is 1. The van der Waals surface area contributed by atoms with E-state index in [4.69, 9.17) is 39.7 Å². The lowest BCUT2D eigenvalue weighted by atomic mass is 9.93. The Balaban J connectivity index is 0.880. The van der Waals surface area contributed by atoms with E-state index in [1.807, 2.05) is 24.3 Å². The molecule has 3 heterocycles. The molecule has 14 nitrogen and oxygen atoms in total. The van der Waals surface area contributed by atoms with Crippen LogP contribution in [0.4, 0.5) is 5.69 Å². The van der Waals surface area contributed by atoms with Gasteiger partial charge in [-0.2, -0.15) is 0 Å². The lowest BCUT2D eigenvalue weighted by Crippen LogP contribution is -2.46. The third kappa shape index (κ3) is 15.8. The van der Waals surface area contributed by atoms with Crippen LogP contribution in [0.3, 0.4) is 0 Å². The SMILES string of the molecule is CN1CCN(c2ccc3c(-c4ccc(C(=O)NCCOCCOCCOCCC(=O)NCCOCCOCCCCCCCl)cc4)c4ccc(=[N+]5CCN(C)CC5)cc-4oc3c2)CC1. The number of carbonyl (C=O) groups excluding carboxylic acids is 2. The van der Waals surface area contributed by atoms with E-state index in [1.54, 1.807) is 0 Å². The number of carbonyl (C=O) groups is 2. The molecule has 0 bridgehead atoms. The van der Waals surface area contributed by atoms with Gasteiger partial charge in [0.1, 0.15) is 11.3 Å². The molecule has 0 spiro atoms. The van der Waals surface area contributed by atoms with E-state index in [0.29, 0.717) is 78.1 Å². The van der Waals surface area contributed by atoms with Gasteiger partial charge in [0.05, 0.1) is 78.6 Å². The van der Waals surface area contributed by atoms with Crippen molar-refractivity contribution in [2.75, 3.05) is 156 Å². The van der Waals surface area contributed by atoms with Crippen molar-refractivity contribution in [3.05, 3.63) is 71.6 Å². The molecule has 2 amide bonds. The van der Waals surface area contributed by atoms with Crippen molar-refractivity contribution in [1.29, 1.82) is 0 Å². The van der Waals surface area contributed by atoms with Gasteiger partial charge in [0, 0.05) is 98.1 Å². The Morgan fingerprint density at radius 1 is 0.656 bits per heavy atom. The van der Waals surface area contributed by atoms with E-state index < -0.39 is 0 Å². The molecule has 2 saturated heterocycles. The molecule has 0 unspecified atom stereocenters. The van der Waals surface area contributed by atoms with Gasteiger partial charge in [0.25, 0.3) is 5.91 Å². The zero-order chi connectivity index (χ0) is 44.8. The Labute approximate surface area is 384 Å². The standard InChI is InChI=1S/C49H69ClN6O8/c1-53-19-23-55(24-20-53)41-11-13-43-45(37-41)64-46-38-42(56-25-21-54(2)22-26-56)12-14-44(46)48(43)39-7-9-40(10-8-39)49(58)52-18-30-62-34-36-63-35-32-60-28-15-47(57)51-17-29-61-33-31-59-27-6-4-3-5-16-50/h7-14,37-38H,3-6,15-36H2,1-2H3,(H-,51,52,57,58)/p+1. The molecule has 350 valence electrons. The van der Waals surface area contributed by atoms with Crippen LogP contribution in [0.25, 0.3) is 33.4 Å². The molecule has 15 heteroatoms. The molecule has 2 aromatic carbocycles. The van der Waals surface area contributed by atoms with Crippen molar-refractivity contribution in [3.63, 3.8) is 0 Å². The molecule has 64 heavy (non-hydrogen) atoms. The van der Waals surface area contributed by atoms with Gasteiger partial charge in [0.15, 0.2) is 13.1 Å². The minimum absolute atomic E-state index is 0.0769. The van der Waals surface area contributed by atoms with Crippen molar-refractivity contribution in [1.82, 2.24) is 25.0 Å². The van der Waals surface area contributed by atoms with Gasteiger partial charge in [-0.25, -0.2) is 4.58 Å². The molecule has 0 saturated carbocycles. The minimum atomic E-state index is -0.154. The molecule has 1 aliphatic carbocycles. The van der Waals surface area contributed by atoms with E-state index in [-0.39, 0.29) is 18.2 Å². The summed E-state index contributed by atoms with van der Waals surface area (Å²) in [6.07, 6.45) is 4.65. The number of likely N-dealkylation sites (N-methyl/N-ethyl adjacent to an activating group) is 2. The number of amides is 2. The second-order valence-electron chi connectivity index (χ2n) is 16.5. The van der Waals surface area contributed by atoms with Crippen LogP contribution >= 0.6 is 11.6 Å². The molecule has 0 radical (unpaired) electrons. The highest BCUT2D eigenvalue weighted by molar-refractivity contribution is 6.17. The Bertz CT molecular complexity index is 2050. The zero-order valence-corrected chi connectivity index (χ0v) is 38.8. The summed E-state index contributed by atoms with van der Waals surface area (Å²) >= 11 is 5.68. The van der Waals surface area contributed by atoms with E-state index in [1.165, 1.54) is 11.0 Å². The predicted molar refractivity (Wildman–Crippen MR) is 254 cm³/mol. The number of nitrogens with zero attached hydrogens (tertiary/aromatic N) is 4. The largest absolute Gasteiger partial charge is 0.456 e. The number of nitrogens with one attached hydrogen (secondary N) is 2. The third-order valence-electron chi connectivity index (χ3n) is 11.7. The second-order valence-corrected chi connectivity index (χ2v) is 16.9. The molecule has 2 N–H and O–H groups in total. The molecule has 2 aromatic rings. The first-order valence-corrected chi connectivity index (χ1v) is 23.7. The van der Waals surface area contributed by atoms with Crippen LogP contribution in [0.2, 0.25) is 0 Å². The maximum Gasteiger partial charge on any atom is 0.251 e. The Morgan fingerprint density at radius 3 is 1.98 bits per heavy atom. The highest BCUT2D eigenvalue weighted by Crippen LogP contribution is 2.41. The summed E-state index contributed by atoms with van der Waals surface area (Å²) in [6, 6.07) is 21.0. The highest BCUT2D eigenvalue weighted by Gasteiger charge is 2.22. The average Bonchev–Trinajstić information content (AvgIpc) is 3.31. The topological polar surface area (TPSA) is 130 Å². The van der Waals surface area contributed by atoms with Crippen LogP contribution in [0.15, 0.2) is 65.1 Å². The maximum absolute atomic E-state index is 13.1. The van der Waals surface area contributed by atoms with Crippen molar-refractivity contribution in [2.45, 2.75) is 32.1 Å². The molecule has 6 rings (SSSR count). The zero-order valence-electron chi connectivity index (χ0n) is 38.1. The number of benzene rings is 3.